The van der Waals surface area contributed by atoms with Crippen LogP contribution in [0.1, 0.15) is 31.2 Å². The molecule has 2 aromatic carbocycles. The van der Waals surface area contributed by atoms with Crippen molar-refractivity contribution in [2.75, 3.05) is 26.6 Å². The lowest BCUT2D eigenvalue weighted by atomic mass is 10.2. The van der Waals surface area contributed by atoms with E-state index in [0.29, 0.717) is 24.1 Å². The van der Waals surface area contributed by atoms with Gasteiger partial charge < -0.3 is 24.4 Å². The maximum absolute atomic E-state index is 12.5. The maximum Gasteiger partial charge on any atom is 0.321 e. The van der Waals surface area contributed by atoms with E-state index >= 15 is 0 Å². The van der Waals surface area contributed by atoms with Crippen LogP contribution in [0.4, 0.5) is 10.5 Å². The number of hydrogen-bond donors (Lipinski definition) is 1. The summed E-state index contributed by atoms with van der Waals surface area (Å²) >= 11 is 0. The quantitative estimate of drug-likeness (QED) is 0.752. The fourth-order valence-electron chi connectivity index (χ4n) is 3.34. The van der Waals surface area contributed by atoms with Gasteiger partial charge in [0.1, 0.15) is 17.2 Å². The van der Waals surface area contributed by atoms with Crippen LogP contribution in [0.5, 0.6) is 17.2 Å². The molecule has 28 heavy (non-hydrogen) atoms. The first kappa shape index (κ1) is 19.9. The fourth-order valence-corrected chi connectivity index (χ4v) is 3.34. The van der Waals surface area contributed by atoms with Crippen molar-refractivity contribution < 1.29 is 19.0 Å². The smallest absolute Gasteiger partial charge is 0.321 e. The molecule has 1 aliphatic rings. The van der Waals surface area contributed by atoms with E-state index < -0.39 is 0 Å². The molecule has 1 N–H and O–H groups in total. The number of anilines is 1. The Hall–Kier alpha value is -2.89. The molecule has 0 radical (unpaired) electrons. The zero-order valence-electron chi connectivity index (χ0n) is 16.7. The number of ether oxygens (including phenoxy) is 3. The first-order chi connectivity index (χ1) is 13.6. The second-order valence-electron chi connectivity index (χ2n) is 7.01. The summed E-state index contributed by atoms with van der Waals surface area (Å²) in [7, 11) is 4.96. The third-order valence-electron chi connectivity index (χ3n) is 4.96. The van der Waals surface area contributed by atoms with Crippen molar-refractivity contribution >= 4 is 11.7 Å². The van der Waals surface area contributed by atoms with Gasteiger partial charge in [0.05, 0.1) is 26.9 Å². The van der Waals surface area contributed by atoms with Crippen LogP contribution in [-0.4, -0.2) is 38.3 Å². The summed E-state index contributed by atoms with van der Waals surface area (Å²) < 4.78 is 16.6. The number of nitrogens with zero attached hydrogens (tertiary/aromatic N) is 1. The Balaban J connectivity index is 1.56. The van der Waals surface area contributed by atoms with E-state index in [9.17, 15) is 4.79 Å². The number of urea groups is 1. The van der Waals surface area contributed by atoms with Crippen molar-refractivity contribution in [2.24, 2.45) is 0 Å². The number of nitrogens with one attached hydrogen (secondary N) is 1. The molecule has 0 heterocycles. The molecule has 6 heteroatoms. The normalized spacial score (nSPS) is 13.8. The molecule has 1 saturated carbocycles. The van der Waals surface area contributed by atoms with Crippen LogP contribution in [0, 0.1) is 0 Å². The van der Waals surface area contributed by atoms with Crippen LogP contribution in [0.2, 0.25) is 0 Å². The molecule has 0 spiro atoms. The molecule has 2 amide bonds. The highest BCUT2D eigenvalue weighted by Crippen LogP contribution is 2.27. The highest BCUT2D eigenvalue weighted by Gasteiger charge is 2.17. The molecular formula is C22H28N2O4. The zero-order chi connectivity index (χ0) is 19.9. The third kappa shape index (κ3) is 5.09. The van der Waals surface area contributed by atoms with Crippen LogP contribution < -0.4 is 19.5 Å². The Morgan fingerprint density at radius 3 is 2.36 bits per heavy atom. The Bertz CT molecular complexity index is 786. The summed E-state index contributed by atoms with van der Waals surface area (Å²) in [5.74, 6) is 2.25. The van der Waals surface area contributed by atoms with Crippen molar-refractivity contribution in [1.82, 2.24) is 4.90 Å². The Labute approximate surface area is 166 Å². The van der Waals surface area contributed by atoms with Crippen LogP contribution in [0.25, 0.3) is 0 Å². The fraction of sp³-hybridized carbons (Fsp3) is 0.409. The minimum absolute atomic E-state index is 0.192. The predicted molar refractivity (Wildman–Crippen MR) is 109 cm³/mol. The summed E-state index contributed by atoms with van der Waals surface area (Å²) in [4.78, 5) is 14.1. The summed E-state index contributed by atoms with van der Waals surface area (Å²) in [6, 6.07) is 12.9. The molecule has 2 aromatic rings. The van der Waals surface area contributed by atoms with Crippen molar-refractivity contribution in [2.45, 2.75) is 38.3 Å². The van der Waals surface area contributed by atoms with Crippen molar-refractivity contribution in [3.05, 3.63) is 48.0 Å². The minimum Gasteiger partial charge on any atom is -0.497 e. The first-order valence-electron chi connectivity index (χ1n) is 9.59. The minimum atomic E-state index is -0.192. The Morgan fingerprint density at radius 1 is 1.04 bits per heavy atom. The summed E-state index contributed by atoms with van der Waals surface area (Å²) in [6.45, 7) is 0.419. The van der Waals surface area contributed by atoms with E-state index in [1.54, 1.807) is 26.2 Å². The topological polar surface area (TPSA) is 60.0 Å². The van der Waals surface area contributed by atoms with Crippen molar-refractivity contribution in [3.63, 3.8) is 0 Å². The largest absolute Gasteiger partial charge is 0.497 e. The molecule has 150 valence electrons. The monoisotopic (exact) mass is 384 g/mol. The Kier molecular flexibility index (Phi) is 6.63. The van der Waals surface area contributed by atoms with E-state index in [-0.39, 0.29) is 6.03 Å². The number of amides is 2. The average molecular weight is 384 g/mol. The van der Waals surface area contributed by atoms with E-state index in [1.165, 1.54) is 12.8 Å². The second kappa shape index (κ2) is 9.35. The van der Waals surface area contributed by atoms with Crippen molar-refractivity contribution in [1.29, 1.82) is 0 Å². The highest BCUT2D eigenvalue weighted by atomic mass is 16.5. The molecular weight excluding hydrogens is 356 g/mol. The van der Waals surface area contributed by atoms with Crippen LogP contribution in [-0.2, 0) is 6.54 Å². The number of benzene rings is 2. The maximum atomic E-state index is 12.5. The van der Waals surface area contributed by atoms with Crippen molar-refractivity contribution in [3.8, 4) is 17.2 Å². The molecule has 0 aliphatic heterocycles. The van der Waals surface area contributed by atoms with Gasteiger partial charge in [0, 0.05) is 24.4 Å². The second-order valence-corrected chi connectivity index (χ2v) is 7.01. The molecule has 0 saturated heterocycles. The highest BCUT2D eigenvalue weighted by molar-refractivity contribution is 5.89. The summed E-state index contributed by atoms with van der Waals surface area (Å²) in [5, 5.41) is 2.91. The van der Waals surface area contributed by atoms with Gasteiger partial charge in [-0.2, -0.15) is 0 Å². The molecule has 0 aromatic heterocycles. The molecule has 1 aliphatic carbocycles. The average Bonchev–Trinajstić information content (AvgIpc) is 3.22. The lowest BCUT2D eigenvalue weighted by Crippen LogP contribution is -2.31. The lowest BCUT2D eigenvalue weighted by molar-refractivity contribution is 0.210. The SMILES string of the molecule is COc1ccc(CN(C)C(=O)Nc2ccc(OC3CCCC3)cc2)c(OC)c1. The number of methoxy groups -OCH3 is 2. The van der Waals surface area contributed by atoms with Gasteiger partial charge in [0.2, 0.25) is 0 Å². The van der Waals surface area contributed by atoms with Gasteiger partial charge >= 0.3 is 6.03 Å². The van der Waals surface area contributed by atoms with Crippen LogP contribution in [0.15, 0.2) is 42.5 Å². The van der Waals surface area contributed by atoms with Gasteiger partial charge in [0.15, 0.2) is 0 Å². The van der Waals surface area contributed by atoms with Crippen LogP contribution in [0.3, 0.4) is 0 Å². The molecule has 0 atom stereocenters. The van der Waals surface area contributed by atoms with E-state index in [1.807, 2.05) is 42.5 Å². The van der Waals surface area contributed by atoms with Gasteiger partial charge in [-0.05, 0) is 62.1 Å². The van der Waals surface area contributed by atoms with E-state index in [0.717, 1.165) is 29.8 Å². The van der Waals surface area contributed by atoms with Gasteiger partial charge in [-0.1, -0.05) is 0 Å². The molecule has 6 nitrogen and oxygen atoms in total. The molecule has 3 rings (SSSR count). The molecule has 0 bridgehead atoms. The molecule has 0 unspecified atom stereocenters. The molecule has 1 fully saturated rings. The third-order valence-corrected chi connectivity index (χ3v) is 4.96. The van der Waals surface area contributed by atoms with Gasteiger partial charge in [-0.15, -0.1) is 0 Å². The summed E-state index contributed by atoms with van der Waals surface area (Å²) in [5.41, 5.74) is 1.64. The zero-order valence-corrected chi connectivity index (χ0v) is 16.7. The number of carbonyl (C=O) groups excluding carboxylic acids is 1. The number of carbonyl (C=O) groups is 1. The van der Waals surface area contributed by atoms with E-state index in [2.05, 4.69) is 5.32 Å². The number of hydrogen-bond acceptors (Lipinski definition) is 4. The summed E-state index contributed by atoms with van der Waals surface area (Å²) in [6.07, 6.45) is 5.05. The lowest BCUT2D eigenvalue weighted by Gasteiger charge is -2.20. The van der Waals surface area contributed by atoms with Crippen LogP contribution >= 0.6 is 0 Å². The first-order valence-corrected chi connectivity index (χ1v) is 9.59. The Morgan fingerprint density at radius 2 is 1.71 bits per heavy atom. The number of rotatable bonds is 7. The van der Waals surface area contributed by atoms with Gasteiger partial charge in [-0.3, -0.25) is 0 Å². The predicted octanol–water partition coefficient (Wildman–Crippen LogP) is 4.69. The van der Waals surface area contributed by atoms with Gasteiger partial charge in [-0.25, -0.2) is 4.79 Å². The standard InChI is InChI=1S/C22H28N2O4/c1-24(15-16-8-11-20(26-2)14-21(16)27-3)22(25)23-17-9-12-19(13-10-17)28-18-6-4-5-7-18/h8-14,18H,4-7,15H2,1-3H3,(H,23,25). The van der Waals surface area contributed by atoms with E-state index in [4.69, 9.17) is 14.2 Å². The van der Waals surface area contributed by atoms with Gasteiger partial charge in [0.25, 0.3) is 0 Å².